The van der Waals surface area contributed by atoms with Gasteiger partial charge in [0.25, 0.3) is 0 Å². The van der Waals surface area contributed by atoms with E-state index in [0.29, 0.717) is 5.76 Å². The van der Waals surface area contributed by atoms with Crippen LogP contribution in [0.15, 0.2) is 36.2 Å². The fourth-order valence-corrected chi connectivity index (χ4v) is 2.09. The predicted molar refractivity (Wildman–Crippen MR) is 84.4 cm³/mol. The molecule has 0 spiro atoms. The Kier molecular flexibility index (Phi) is 7.63. The zero-order valence-electron chi connectivity index (χ0n) is 12.9. The number of hydrogen-bond donors (Lipinski definition) is 1. The topological polar surface area (TPSA) is 32.7 Å². The van der Waals surface area contributed by atoms with E-state index in [4.69, 9.17) is 4.74 Å². The van der Waals surface area contributed by atoms with Gasteiger partial charge in [-0.05, 0) is 12.8 Å². The molecule has 0 heterocycles. The molecule has 112 valence electrons. The average molecular weight is 277 g/mol. The van der Waals surface area contributed by atoms with Crippen LogP contribution in [0, 0.1) is 0 Å². The Hall–Kier alpha value is -1.64. The highest BCUT2D eigenvalue weighted by molar-refractivity contribution is 5.60. The highest BCUT2D eigenvalue weighted by atomic mass is 16.5. The Morgan fingerprint density at radius 1 is 1.05 bits per heavy atom. The number of aliphatic hydroxyl groups excluding tert-OH is 1. The van der Waals surface area contributed by atoms with E-state index < -0.39 is 0 Å². The average Bonchev–Trinajstić information content (AvgIpc) is 2.49. The number of benzene rings is 1. The van der Waals surface area contributed by atoms with Gasteiger partial charge in [-0.1, -0.05) is 57.0 Å². The maximum Gasteiger partial charge on any atom is 0.231 e. The molecule has 0 aromatic heterocycles. The van der Waals surface area contributed by atoms with Gasteiger partial charge >= 0.3 is 0 Å². The van der Waals surface area contributed by atoms with Gasteiger partial charge in [0, 0.05) is 18.7 Å². The van der Waals surface area contributed by atoms with Crippen LogP contribution in [0.25, 0.3) is 5.76 Å². The van der Waals surface area contributed by atoms with Gasteiger partial charge in [0.05, 0.1) is 7.11 Å². The molecule has 0 saturated carbocycles. The van der Waals surface area contributed by atoms with Gasteiger partial charge < -0.3 is 14.7 Å². The molecular weight excluding hydrogens is 250 g/mol. The Balaban J connectivity index is 2.97. The Labute approximate surface area is 122 Å². The lowest BCUT2D eigenvalue weighted by molar-refractivity contribution is 0.182. The summed E-state index contributed by atoms with van der Waals surface area (Å²) in [5.74, 6) is 0.804. The molecule has 0 unspecified atom stereocenters. The van der Waals surface area contributed by atoms with Gasteiger partial charge in [0.1, 0.15) is 0 Å². The predicted octanol–water partition coefficient (Wildman–Crippen LogP) is 4.42. The molecule has 0 radical (unpaired) electrons. The standard InChI is InChI=1S/C17H27NO2/c1-4-6-13-18(14-7-5-2)17(19)16(20-3)15-11-9-8-10-12-15/h8-12,19H,4-7,13-14H2,1-3H3/b17-16+. The molecule has 3 nitrogen and oxygen atoms in total. The molecule has 0 fully saturated rings. The monoisotopic (exact) mass is 277 g/mol. The molecule has 0 amide bonds. The van der Waals surface area contributed by atoms with E-state index in [1.165, 1.54) is 0 Å². The van der Waals surface area contributed by atoms with E-state index >= 15 is 0 Å². The second-order valence-corrected chi connectivity index (χ2v) is 4.92. The Bertz CT molecular complexity index is 393. The molecule has 3 heteroatoms. The quantitative estimate of drug-likeness (QED) is 0.678. The maximum atomic E-state index is 10.6. The minimum absolute atomic E-state index is 0.251. The fourth-order valence-electron chi connectivity index (χ4n) is 2.09. The maximum absolute atomic E-state index is 10.6. The van der Waals surface area contributed by atoms with Crippen molar-refractivity contribution in [3.8, 4) is 0 Å². The molecule has 0 saturated heterocycles. The summed E-state index contributed by atoms with van der Waals surface area (Å²) in [5, 5.41) is 10.6. The van der Waals surface area contributed by atoms with Crippen molar-refractivity contribution in [3.63, 3.8) is 0 Å². The van der Waals surface area contributed by atoms with E-state index in [-0.39, 0.29) is 5.88 Å². The zero-order valence-corrected chi connectivity index (χ0v) is 12.9. The largest absolute Gasteiger partial charge is 0.492 e. The van der Waals surface area contributed by atoms with Gasteiger partial charge in [-0.3, -0.25) is 0 Å². The van der Waals surface area contributed by atoms with Crippen LogP contribution in [0.2, 0.25) is 0 Å². The molecule has 20 heavy (non-hydrogen) atoms. The second kappa shape index (κ2) is 9.29. The van der Waals surface area contributed by atoms with Crippen molar-refractivity contribution in [1.29, 1.82) is 0 Å². The van der Waals surface area contributed by atoms with Crippen molar-refractivity contribution in [2.45, 2.75) is 39.5 Å². The molecule has 0 aliphatic heterocycles. The lowest BCUT2D eigenvalue weighted by Gasteiger charge is -2.25. The molecule has 0 bridgehead atoms. The van der Waals surface area contributed by atoms with Crippen LogP contribution in [-0.4, -0.2) is 30.2 Å². The van der Waals surface area contributed by atoms with E-state index in [2.05, 4.69) is 13.8 Å². The second-order valence-electron chi connectivity index (χ2n) is 4.92. The van der Waals surface area contributed by atoms with Gasteiger partial charge in [-0.15, -0.1) is 0 Å². The first-order valence-corrected chi connectivity index (χ1v) is 7.52. The van der Waals surface area contributed by atoms with Crippen molar-refractivity contribution >= 4 is 5.76 Å². The van der Waals surface area contributed by atoms with Gasteiger partial charge in [-0.2, -0.15) is 0 Å². The molecule has 0 atom stereocenters. The number of aliphatic hydroxyl groups is 1. The van der Waals surface area contributed by atoms with Crippen molar-refractivity contribution in [2.24, 2.45) is 0 Å². The Morgan fingerprint density at radius 3 is 2.05 bits per heavy atom. The third-order valence-electron chi connectivity index (χ3n) is 3.31. The number of ether oxygens (including phenoxy) is 1. The number of hydrogen-bond acceptors (Lipinski definition) is 3. The molecule has 1 aromatic carbocycles. The third kappa shape index (κ3) is 4.80. The summed E-state index contributed by atoms with van der Waals surface area (Å²) in [6.07, 6.45) is 4.37. The fraction of sp³-hybridized carbons (Fsp3) is 0.529. The van der Waals surface area contributed by atoms with E-state index in [0.717, 1.165) is 44.3 Å². The summed E-state index contributed by atoms with van der Waals surface area (Å²) in [4.78, 5) is 2.03. The molecule has 1 N–H and O–H groups in total. The highest BCUT2D eigenvalue weighted by Crippen LogP contribution is 2.21. The van der Waals surface area contributed by atoms with Crippen LogP contribution in [0.5, 0.6) is 0 Å². The zero-order chi connectivity index (χ0) is 14.8. The molecule has 1 aromatic rings. The normalized spacial score (nSPS) is 11.9. The lowest BCUT2D eigenvalue weighted by atomic mass is 10.2. The number of methoxy groups -OCH3 is 1. The molecular formula is C17H27NO2. The summed E-state index contributed by atoms with van der Waals surface area (Å²) in [5.41, 5.74) is 0.908. The smallest absolute Gasteiger partial charge is 0.231 e. The van der Waals surface area contributed by atoms with E-state index in [1.807, 2.05) is 35.2 Å². The van der Waals surface area contributed by atoms with E-state index in [1.54, 1.807) is 7.11 Å². The number of unbranched alkanes of at least 4 members (excludes halogenated alkanes) is 2. The minimum atomic E-state index is 0.251. The first-order valence-electron chi connectivity index (χ1n) is 7.52. The van der Waals surface area contributed by atoms with Crippen molar-refractivity contribution < 1.29 is 9.84 Å². The summed E-state index contributed by atoms with van der Waals surface area (Å²) < 4.78 is 5.43. The van der Waals surface area contributed by atoms with Gasteiger partial charge in [-0.25, -0.2) is 0 Å². The van der Waals surface area contributed by atoms with Crippen LogP contribution in [0.3, 0.4) is 0 Å². The number of rotatable bonds is 9. The van der Waals surface area contributed by atoms with Crippen molar-refractivity contribution in [1.82, 2.24) is 4.90 Å². The SMILES string of the molecule is CCCCN(CCCC)/C(O)=C(\OC)c1ccccc1. The van der Waals surface area contributed by atoms with Crippen LogP contribution in [-0.2, 0) is 4.74 Å². The van der Waals surface area contributed by atoms with Gasteiger partial charge in [0.2, 0.25) is 5.88 Å². The number of nitrogens with zero attached hydrogens (tertiary/aromatic N) is 1. The van der Waals surface area contributed by atoms with Crippen LogP contribution >= 0.6 is 0 Å². The first-order chi connectivity index (χ1) is 9.74. The lowest BCUT2D eigenvalue weighted by Crippen LogP contribution is -2.26. The minimum Gasteiger partial charge on any atom is -0.492 e. The van der Waals surface area contributed by atoms with Crippen molar-refractivity contribution in [2.75, 3.05) is 20.2 Å². The van der Waals surface area contributed by atoms with Crippen LogP contribution in [0.4, 0.5) is 0 Å². The molecule has 0 aliphatic rings. The first kappa shape index (κ1) is 16.4. The van der Waals surface area contributed by atoms with Crippen molar-refractivity contribution in [3.05, 3.63) is 41.8 Å². The summed E-state index contributed by atoms with van der Waals surface area (Å²) in [6.45, 7) is 6.05. The van der Waals surface area contributed by atoms with Crippen LogP contribution in [0.1, 0.15) is 45.1 Å². The Morgan fingerprint density at radius 2 is 1.60 bits per heavy atom. The summed E-state index contributed by atoms with van der Waals surface area (Å²) >= 11 is 0. The van der Waals surface area contributed by atoms with Crippen LogP contribution < -0.4 is 0 Å². The van der Waals surface area contributed by atoms with E-state index in [9.17, 15) is 5.11 Å². The highest BCUT2D eigenvalue weighted by Gasteiger charge is 2.15. The summed E-state index contributed by atoms with van der Waals surface area (Å²) in [6, 6.07) is 9.76. The summed E-state index contributed by atoms with van der Waals surface area (Å²) in [7, 11) is 1.61. The molecule has 0 aliphatic carbocycles. The third-order valence-corrected chi connectivity index (χ3v) is 3.31. The van der Waals surface area contributed by atoms with Gasteiger partial charge in [0.15, 0.2) is 5.76 Å². The molecule has 1 rings (SSSR count).